The monoisotopic (exact) mass is 384 g/mol. The highest BCUT2D eigenvalue weighted by Crippen LogP contribution is 2.12. The Hall–Kier alpha value is -1.93. The molecule has 0 aliphatic carbocycles. The largest absolute Gasteiger partial charge is 0.461 e. The van der Waals surface area contributed by atoms with E-state index in [-0.39, 0.29) is 44.0 Å². The Bertz CT molecular complexity index is 495. The van der Waals surface area contributed by atoms with E-state index < -0.39 is 12.0 Å². The number of hydrogen-bond acceptors (Lipinski definition) is 6. The molecular formula is C19H32N2O6. The Morgan fingerprint density at radius 1 is 1.33 bits per heavy atom. The lowest BCUT2D eigenvalue weighted by Gasteiger charge is -2.18. The van der Waals surface area contributed by atoms with E-state index in [2.05, 4.69) is 10.6 Å². The van der Waals surface area contributed by atoms with Gasteiger partial charge in [0.15, 0.2) is 0 Å². The van der Waals surface area contributed by atoms with Crippen LogP contribution < -0.4 is 10.6 Å². The number of aliphatic hydroxyl groups excluding tert-OH is 1. The molecule has 0 fully saturated rings. The van der Waals surface area contributed by atoms with Gasteiger partial charge in [-0.2, -0.15) is 0 Å². The Morgan fingerprint density at radius 3 is 2.93 bits per heavy atom. The molecule has 3 N–H and O–H groups in total. The van der Waals surface area contributed by atoms with Crippen LogP contribution in [0.3, 0.4) is 0 Å². The fourth-order valence-corrected chi connectivity index (χ4v) is 2.63. The first-order valence-electron chi connectivity index (χ1n) is 9.60. The molecule has 1 heterocycles. The standard InChI is InChI=1S/C19H32N2O6/c1-15-14-21-19(25)16(13-17(23)20-9-11-26-12-10-22)7-5-3-2-4-6-8-18(24)27-15/h3,5,15-16,22H,2,4,6-14H2,1H3,(H,20,23)(H,21,25). The van der Waals surface area contributed by atoms with Crippen LogP contribution in [0.5, 0.6) is 0 Å². The molecule has 0 aromatic heterocycles. The van der Waals surface area contributed by atoms with Crippen molar-refractivity contribution < 1.29 is 29.0 Å². The predicted molar refractivity (Wildman–Crippen MR) is 99.8 cm³/mol. The number of carbonyl (C=O) groups excluding carboxylic acids is 3. The number of esters is 1. The number of ether oxygens (including phenoxy) is 2. The van der Waals surface area contributed by atoms with Crippen molar-refractivity contribution in [3.05, 3.63) is 12.2 Å². The first-order chi connectivity index (χ1) is 13.0. The van der Waals surface area contributed by atoms with E-state index in [0.29, 0.717) is 26.0 Å². The van der Waals surface area contributed by atoms with Gasteiger partial charge in [-0.05, 0) is 32.6 Å². The summed E-state index contributed by atoms with van der Waals surface area (Å²) in [5.41, 5.74) is 0. The average molecular weight is 384 g/mol. The molecule has 1 aliphatic heterocycles. The molecule has 0 aromatic carbocycles. The molecule has 154 valence electrons. The highest BCUT2D eigenvalue weighted by molar-refractivity contribution is 5.85. The molecule has 27 heavy (non-hydrogen) atoms. The third-order valence-corrected chi connectivity index (χ3v) is 4.09. The van der Waals surface area contributed by atoms with Crippen molar-refractivity contribution in [3.8, 4) is 0 Å². The highest BCUT2D eigenvalue weighted by Gasteiger charge is 2.22. The van der Waals surface area contributed by atoms with E-state index in [9.17, 15) is 14.4 Å². The summed E-state index contributed by atoms with van der Waals surface area (Å²) < 4.78 is 10.3. The minimum atomic E-state index is -0.481. The van der Waals surface area contributed by atoms with Gasteiger partial charge in [0, 0.05) is 19.4 Å². The molecule has 2 amide bonds. The topological polar surface area (TPSA) is 114 Å². The van der Waals surface area contributed by atoms with Gasteiger partial charge in [0.05, 0.1) is 32.3 Å². The quantitative estimate of drug-likeness (QED) is 0.338. The third-order valence-electron chi connectivity index (χ3n) is 4.09. The number of aliphatic hydroxyl groups is 1. The van der Waals surface area contributed by atoms with Gasteiger partial charge in [-0.15, -0.1) is 0 Å². The third kappa shape index (κ3) is 11.4. The molecule has 0 aromatic rings. The Kier molecular flexibility index (Phi) is 12.1. The van der Waals surface area contributed by atoms with Crippen molar-refractivity contribution in [2.75, 3.05) is 32.9 Å². The van der Waals surface area contributed by atoms with Gasteiger partial charge in [0.1, 0.15) is 6.10 Å². The van der Waals surface area contributed by atoms with Crippen LogP contribution in [0.1, 0.15) is 45.4 Å². The Balaban J connectivity index is 2.54. The van der Waals surface area contributed by atoms with Crippen molar-refractivity contribution in [3.63, 3.8) is 0 Å². The Labute approximate surface area is 160 Å². The van der Waals surface area contributed by atoms with Crippen LogP contribution in [0.2, 0.25) is 0 Å². The van der Waals surface area contributed by atoms with Crippen LogP contribution in [-0.4, -0.2) is 61.9 Å². The summed E-state index contributed by atoms with van der Waals surface area (Å²) in [7, 11) is 0. The normalized spacial score (nSPS) is 22.4. The van der Waals surface area contributed by atoms with Crippen molar-refractivity contribution in [2.24, 2.45) is 5.92 Å². The maximum Gasteiger partial charge on any atom is 0.306 e. The summed E-state index contributed by atoms with van der Waals surface area (Å²) in [4.78, 5) is 36.2. The fourth-order valence-electron chi connectivity index (χ4n) is 2.63. The zero-order valence-electron chi connectivity index (χ0n) is 16.1. The Morgan fingerprint density at radius 2 is 2.15 bits per heavy atom. The number of carbonyl (C=O) groups is 3. The summed E-state index contributed by atoms with van der Waals surface area (Å²) >= 11 is 0. The van der Waals surface area contributed by atoms with Crippen LogP contribution in [0, 0.1) is 5.92 Å². The maximum atomic E-state index is 12.4. The van der Waals surface area contributed by atoms with Crippen LogP contribution in [-0.2, 0) is 23.9 Å². The molecule has 2 unspecified atom stereocenters. The minimum absolute atomic E-state index is 0.0593. The summed E-state index contributed by atoms with van der Waals surface area (Å²) in [5.74, 6) is -1.19. The second-order valence-corrected chi connectivity index (χ2v) is 6.59. The second-order valence-electron chi connectivity index (χ2n) is 6.59. The van der Waals surface area contributed by atoms with Gasteiger partial charge in [0.2, 0.25) is 11.8 Å². The van der Waals surface area contributed by atoms with Gasteiger partial charge in [-0.25, -0.2) is 0 Å². The van der Waals surface area contributed by atoms with Crippen molar-refractivity contribution >= 4 is 17.8 Å². The van der Waals surface area contributed by atoms with Gasteiger partial charge in [-0.3, -0.25) is 14.4 Å². The van der Waals surface area contributed by atoms with Crippen LogP contribution in [0.4, 0.5) is 0 Å². The first kappa shape index (κ1) is 23.1. The van der Waals surface area contributed by atoms with E-state index in [4.69, 9.17) is 14.6 Å². The molecule has 8 nitrogen and oxygen atoms in total. The van der Waals surface area contributed by atoms with Crippen LogP contribution >= 0.6 is 0 Å². The summed E-state index contributed by atoms with van der Waals surface area (Å²) in [6.07, 6.45) is 6.92. The molecule has 8 heteroatoms. The lowest BCUT2D eigenvalue weighted by atomic mass is 9.99. The molecule has 0 saturated heterocycles. The number of nitrogens with one attached hydrogen (secondary N) is 2. The van der Waals surface area contributed by atoms with Gasteiger partial charge >= 0.3 is 5.97 Å². The van der Waals surface area contributed by atoms with E-state index in [1.165, 1.54) is 0 Å². The van der Waals surface area contributed by atoms with Crippen molar-refractivity contribution in [1.82, 2.24) is 10.6 Å². The van der Waals surface area contributed by atoms with Crippen LogP contribution in [0.25, 0.3) is 0 Å². The smallest absolute Gasteiger partial charge is 0.306 e. The molecule has 1 aliphatic rings. The van der Waals surface area contributed by atoms with Gasteiger partial charge in [0.25, 0.3) is 0 Å². The minimum Gasteiger partial charge on any atom is -0.461 e. The number of cyclic esters (lactones) is 1. The molecule has 2 atom stereocenters. The molecule has 0 radical (unpaired) electrons. The second kappa shape index (κ2) is 14.2. The molecule has 0 spiro atoms. The van der Waals surface area contributed by atoms with E-state index in [1.807, 2.05) is 12.2 Å². The highest BCUT2D eigenvalue weighted by atomic mass is 16.5. The zero-order valence-corrected chi connectivity index (χ0v) is 16.1. The summed E-state index contributed by atoms with van der Waals surface area (Å²) in [6.45, 7) is 2.77. The van der Waals surface area contributed by atoms with E-state index >= 15 is 0 Å². The van der Waals surface area contributed by atoms with Gasteiger partial charge < -0.3 is 25.2 Å². The van der Waals surface area contributed by atoms with Crippen molar-refractivity contribution in [1.29, 1.82) is 0 Å². The molecule has 0 bridgehead atoms. The number of allylic oxidation sites excluding steroid dienone is 2. The average Bonchev–Trinajstić information content (AvgIpc) is 2.63. The van der Waals surface area contributed by atoms with Crippen LogP contribution in [0.15, 0.2) is 12.2 Å². The molecule has 0 saturated carbocycles. The lowest BCUT2D eigenvalue weighted by Crippen LogP contribution is -2.39. The van der Waals surface area contributed by atoms with Gasteiger partial charge in [-0.1, -0.05) is 12.2 Å². The fraction of sp³-hybridized carbons (Fsp3) is 0.737. The maximum absolute atomic E-state index is 12.4. The summed E-state index contributed by atoms with van der Waals surface area (Å²) in [5, 5.41) is 14.1. The molecular weight excluding hydrogens is 352 g/mol. The zero-order chi connectivity index (χ0) is 19.9. The lowest BCUT2D eigenvalue weighted by molar-refractivity contribution is -0.148. The number of rotatable bonds is 7. The number of hydrogen-bond donors (Lipinski definition) is 3. The summed E-state index contributed by atoms with van der Waals surface area (Å²) in [6, 6.07) is 0. The SMILES string of the molecule is CC1CNC(=O)C(CC(=O)NCCOCCO)CC=CCCCCC(=O)O1. The predicted octanol–water partition coefficient (Wildman–Crippen LogP) is 0.686. The molecule has 1 rings (SSSR count). The van der Waals surface area contributed by atoms with Crippen molar-refractivity contribution in [2.45, 2.75) is 51.6 Å². The van der Waals surface area contributed by atoms with E-state index in [0.717, 1.165) is 19.3 Å². The first-order valence-corrected chi connectivity index (χ1v) is 9.60. The van der Waals surface area contributed by atoms with E-state index in [1.54, 1.807) is 6.92 Å². The number of amides is 2.